The lowest BCUT2D eigenvalue weighted by Crippen LogP contribution is -1.92. The summed E-state index contributed by atoms with van der Waals surface area (Å²) in [7, 11) is 0. The topological polar surface area (TPSA) is 55.5 Å². The second kappa shape index (κ2) is 4.78. The Labute approximate surface area is 100 Å². The maximum absolute atomic E-state index is 9.81. The van der Waals surface area contributed by atoms with Gasteiger partial charge in [-0.05, 0) is 36.8 Å². The van der Waals surface area contributed by atoms with E-state index in [1.807, 2.05) is 31.2 Å². The van der Waals surface area contributed by atoms with E-state index in [4.69, 9.17) is 10.5 Å². The Bertz CT molecular complexity index is 486. The van der Waals surface area contributed by atoms with E-state index in [1.54, 1.807) is 18.2 Å². The molecular weight excluding hydrogens is 214 g/mol. The summed E-state index contributed by atoms with van der Waals surface area (Å²) in [6.07, 6.45) is 0. The number of benzene rings is 2. The quantitative estimate of drug-likeness (QED) is 0.795. The largest absolute Gasteiger partial charge is 0.507 e. The van der Waals surface area contributed by atoms with E-state index in [1.165, 1.54) is 0 Å². The normalized spacial score (nSPS) is 10.2. The summed E-state index contributed by atoms with van der Waals surface area (Å²) in [5, 5.41) is 9.81. The van der Waals surface area contributed by atoms with Crippen molar-refractivity contribution in [2.45, 2.75) is 6.92 Å². The molecule has 17 heavy (non-hydrogen) atoms. The van der Waals surface area contributed by atoms with Crippen LogP contribution in [0.3, 0.4) is 0 Å². The molecule has 0 aliphatic heterocycles. The molecule has 0 aliphatic carbocycles. The number of rotatable bonds is 3. The molecule has 88 valence electrons. The first-order chi connectivity index (χ1) is 8.22. The van der Waals surface area contributed by atoms with Gasteiger partial charge in [-0.2, -0.15) is 0 Å². The molecule has 0 saturated heterocycles. The van der Waals surface area contributed by atoms with Crippen molar-refractivity contribution in [3.05, 3.63) is 42.5 Å². The van der Waals surface area contributed by atoms with Crippen LogP contribution in [0, 0.1) is 0 Å². The molecule has 0 amide bonds. The van der Waals surface area contributed by atoms with Gasteiger partial charge in [-0.15, -0.1) is 0 Å². The van der Waals surface area contributed by atoms with E-state index >= 15 is 0 Å². The summed E-state index contributed by atoms with van der Waals surface area (Å²) in [4.78, 5) is 0. The molecule has 3 heteroatoms. The fourth-order valence-corrected chi connectivity index (χ4v) is 1.76. The van der Waals surface area contributed by atoms with Crippen molar-refractivity contribution >= 4 is 5.69 Å². The van der Waals surface area contributed by atoms with Crippen molar-refractivity contribution in [2.24, 2.45) is 0 Å². The van der Waals surface area contributed by atoms with Crippen LogP contribution in [0.1, 0.15) is 6.92 Å². The molecule has 3 nitrogen and oxygen atoms in total. The highest BCUT2D eigenvalue weighted by atomic mass is 16.5. The van der Waals surface area contributed by atoms with Gasteiger partial charge in [0, 0.05) is 11.3 Å². The summed E-state index contributed by atoms with van der Waals surface area (Å²) in [5.74, 6) is 0.999. The van der Waals surface area contributed by atoms with Gasteiger partial charge in [-0.25, -0.2) is 0 Å². The first-order valence-electron chi connectivity index (χ1n) is 5.53. The minimum atomic E-state index is 0.189. The Morgan fingerprint density at radius 2 is 1.82 bits per heavy atom. The lowest BCUT2D eigenvalue weighted by atomic mass is 10.0. The molecule has 0 aliphatic rings. The second-order valence-corrected chi connectivity index (χ2v) is 3.70. The van der Waals surface area contributed by atoms with Gasteiger partial charge in [0.15, 0.2) is 0 Å². The Kier molecular flexibility index (Phi) is 3.19. The van der Waals surface area contributed by atoms with Gasteiger partial charge in [0.1, 0.15) is 11.5 Å². The molecular formula is C14H15NO2. The highest BCUT2D eigenvalue weighted by molar-refractivity contribution is 5.81. The Morgan fingerprint density at radius 1 is 1.12 bits per heavy atom. The van der Waals surface area contributed by atoms with Crippen LogP contribution in [-0.4, -0.2) is 11.7 Å². The van der Waals surface area contributed by atoms with Crippen LogP contribution >= 0.6 is 0 Å². The predicted molar refractivity (Wildman–Crippen MR) is 69.1 cm³/mol. The van der Waals surface area contributed by atoms with Crippen molar-refractivity contribution in [1.29, 1.82) is 0 Å². The predicted octanol–water partition coefficient (Wildman–Crippen LogP) is 3.04. The zero-order chi connectivity index (χ0) is 12.3. The van der Waals surface area contributed by atoms with Crippen molar-refractivity contribution in [1.82, 2.24) is 0 Å². The van der Waals surface area contributed by atoms with Gasteiger partial charge in [-0.1, -0.05) is 18.2 Å². The average Bonchev–Trinajstić information content (AvgIpc) is 2.31. The van der Waals surface area contributed by atoms with E-state index in [0.717, 1.165) is 11.3 Å². The maximum Gasteiger partial charge on any atom is 0.125 e. The van der Waals surface area contributed by atoms with Gasteiger partial charge >= 0.3 is 0 Å². The van der Waals surface area contributed by atoms with Crippen molar-refractivity contribution in [2.75, 3.05) is 12.3 Å². The van der Waals surface area contributed by atoms with E-state index in [-0.39, 0.29) is 5.75 Å². The van der Waals surface area contributed by atoms with E-state index in [2.05, 4.69) is 0 Å². The van der Waals surface area contributed by atoms with Crippen molar-refractivity contribution < 1.29 is 9.84 Å². The number of nitrogens with two attached hydrogens (primary N) is 1. The molecule has 0 bridgehead atoms. The lowest BCUT2D eigenvalue weighted by molar-refractivity contribution is 0.340. The van der Waals surface area contributed by atoms with Gasteiger partial charge in [-0.3, -0.25) is 0 Å². The number of aromatic hydroxyl groups is 1. The third kappa shape index (κ3) is 2.33. The van der Waals surface area contributed by atoms with Crippen LogP contribution in [0.15, 0.2) is 42.5 Å². The average molecular weight is 229 g/mol. The number of ether oxygens (including phenoxy) is 1. The molecule has 2 rings (SSSR count). The third-order valence-corrected chi connectivity index (χ3v) is 2.53. The lowest BCUT2D eigenvalue weighted by Gasteiger charge is -2.09. The highest BCUT2D eigenvalue weighted by Gasteiger charge is 2.07. The molecule has 0 saturated carbocycles. The highest BCUT2D eigenvalue weighted by Crippen LogP contribution is 2.34. The van der Waals surface area contributed by atoms with Crippen LogP contribution in [0.4, 0.5) is 5.69 Å². The minimum absolute atomic E-state index is 0.189. The van der Waals surface area contributed by atoms with Gasteiger partial charge < -0.3 is 15.6 Å². The summed E-state index contributed by atoms with van der Waals surface area (Å²) in [6, 6.07) is 12.6. The fraction of sp³-hybridized carbons (Fsp3) is 0.143. The van der Waals surface area contributed by atoms with Crippen LogP contribution in [-0.2, 0) is 0 Å². The van der Waals surface area contributed by atoms with Crippen LogP contribution in [0.2, 0.25) is 0 Å². The van der Waals surface area contributed by atoms with Gasteiger partial charge in [0.05, 0.1) is 6.61 Å². The number of nitrogen functional groups attached to an aromatic ring is 1. The van der Waals surface area contributed by atoms with Gasteiger partial charge in [0.2, 0.25) is 0 Å². The van der Waals surface area contributed by atoms with E-state index in [9.17, 15) is 5.11 Å². The SMILES string of the molecule is CCOc1ccc(-c2c(N)cccc2O)cc1. The molecule has 0 radical (unpaired) electrons. The number of phenolic OH excluding ortho intramolecular Hbond substituents is 1. The number of hydrogen-bond donors (Lipinski definition) is 2. The standard InChI is InChI=1S/C14H15NO2/c1-2-17-11-8-6-10(7-9-11)14-12(15)4-3-5-13(14)16/h3-9,16H,2,15H2,1H3. The monoisotopic (exact) mass is 229 g/mol. The molecule has 0 aromatic heterocycles. The molecule has 0 atom stereocenters. The third-order valence-electron chi connectivity index (χ3n) is 2.53. The molecule has 0 heterocycles. The van der Waals surface area contributed by atoms with Crippen LogP contribution < -0.4 is 10.5 Å². The van der Waals surface area contributed by atoms with Crippen LogP contribution in [0.5, 0.6) is 11.5 Å². The maximum atomic E-state index is 9.81. The Balaban J connectivity index is 2.40. The zero-order valence-corrected chi connectivity index (χ0v) is 9.68. The second-order valence-electron chi connectivity index (χ2n) is 3.70. The Hall–Kier alpha value is -2.16. The summed E-state index contributed by atoms with van der Waals surface area (Å²) in [6.45, 7) is 2.58. The molecule has 2 aromatic rings. The first kappa shape index (κ1) is 11.3. The first-order valence-corrected chi connectivity index (χ1v) is 5.53. The summed E-state index contributed by atoms with van der Waals surface area (Å²) >= 11 is 0. The van der Waals surface area contributed by atoms with Crippen molar-refractivity contribution in [3.8, 4) is 22.6 Å². The zero-order valence-electron chi connectivity index (χ0n) is 9.68. The fourth-order valence-electron chi connectivity index (χ4n) is 1.76. The summed E-state index contributed by atoms with van der Waals surface area (Å²) < 4.78 is 5.36. The van der Waals surface area contributed by atoms with E-state index in [0.29, 0.717) is 17.9 Å². The molecule has 2 aromatic carbocycles. The molecule has 3 N–H and O–H groups in total. The van der Waals surface area contributed by atoms with E-state index < -0.39 is 0 Å². The smallest absolute Gasteiger partial charge is 0.125 e. The number of phenols is 1. The molecule has 0 spiro atoms. The minimum Gasteiger partial charge on any atom is -0.507 e. The van der Waals surface area contributed by atoms with Gasteiger partial charge in [0.25, 0.3) is 0 Å². The Morgan fingerprint density at radius 3 is 2.41 bits per heavy atom. The van der Waals surface area contributed by atoms with Crippen molar-refractivity contribution in [3.63, 3.8) is 0 Å². The number of hydrogen-bond acceptors (Lipinski definition) is 3. The molecule has 0 fully saturated rings. The number of anilines is 1. The van der Waals surface area contributed by atoms with Crippen LogP contribution in [0.25, 0.3) is 11.1 Å². The summed E-state index contributed by atoms with van der Waals surface area (Å²) in [5.41, 5.74) is 7.96. The molecule has 0 unspecified atom stereocenters.